The van der Waals surface area contributed by atoms with Crippen LogP contribution in [0.25, 0.3) is 0 Å². The third-order valence-corrected chi connectivity index (χ3v) is 3.61. The number of rotatable bonds is 4. The predicted molar refractivity (Wildman–Crippen MR) is 70.7 cm³/mol. The van der Waals surface area contributed by atoms with E-state index < -0.39 is 6.10 Å². The zero-order valence-corrected chi connectivity index (χ0v) is 11.1. The third kappa shape index (κ3) is 2.85. The summed E-state index contributed by atoms with van der Waals surface area (Å²) in [4.78, 5) is 0. The van der Waals surface area contributed by atoms with E-state index in [4.69, 9.17) is 4.74 Å². The predicted octanol–water partition coefficient (Wildman–Crippen LogP) is 2.45. The molecule has 1 aliphatic carbocycles. The molecule has 0 amide bonds. The van der Waals surface area contributed by atoms with Gasteiger partial charge in [0.05, 0.1) is 12.2 Å². The maximum Gasteiger partial charge on any atom is 0.122 e. The molecular formula is C15H22O3. The van der Waals surface area contributed by atoms with Crippen molar-refractivity contribution in [1.29, 1.82) is 0 Å². The second kappa shape index (κ2) is 5.72. The van der Waals surface area contributed by atoms with Gasteiger partial charge in [-0.25, -0.2) is 0 Å². The lowest BCUT2D eigenvalue weighted by Crippen LogP contribution is -2.24. The van der Waals surface area contributed by atoms with Crippen LogP contribution in [0.5, 0.6) is 5.75 Å². The van der Waals surface area contributed by atoms with Crippen LogP contribution in [0.15, 0.2) is 18.2 Å². The summed E-state index contributed by atoms with van der Waals surface area (Å²) in [5, 5.41) is 19.7. The molecule has 0 saturated carbocycles. The maximum absolute atomic E-state index is 9.95. The minimum Gasteiger partial charge on any atom is -0.491 e. The Labute approximate surface area is 108 Å². The Morgan fingerprint density at radius 2 is 2.17 bits per heavy atom. The minimum absolute atomic E-state index is 0.190. The summed E-state index contributed by atoms with van der Waals surface area (Å²) in [6.45, 7) is 4.25. The third-order valence-electron chi connectivity index (χ3n) is 3.61. The van der Waals surface area contributed by atoms with E-state index in [-0.39, 0.29) is 12.0 Å². The Morgan fingerprint density at radius 1 is 1.39 bits per heavy atom. The van der Waals surface area contributed by atoms with Gasteiger partial charge in [-0.1, -0.05) is 26.0 Å². The van der Waals surface area contributed by atoms with Gasteiger partial charge in [-0.15, -0.1) is 0 Å². The lowest BCUT2D eigenvalue weighted by Gasteiger charge is -2.24. The van der Waals surface area contributed by atoms with Crippen molar-refractivity contribution in [2.75, 3.05) is 6.61 Å². The van der Waals surface area contributed by atoms with Crippen molar-refractivity contribution in [3.05, 3.63) is 29.3 Å². The molecule has 1 aromatic carbocycles. The second-order valence-corrected chi connectivity index (χ2v) is 5.35. The lowest BCUT2D eigenvalue weighted by molar-refractivity contribution is 0.0692. The SMILES string of the molecule is CC(C)C(O)COc1cccc2c1CCCC2O. The molecule has 1 aromatic rings. The Hall–Kier alpha value is -1.06. The fourth-order valence-electron chi connectivity index (χ4n) is 2.29. The monoisotopic (exact) mass is 250 g/mol. The van der Waals surface area contributed by atoms with Gasteiger partial charge in [-0.2, -0.15) is 0 Å². The number of ether oxygens (including phenoxy) is 1. The lowest BCUT2D eigenvalue weighted by atomic mass is 9.89. The number of aliphatic hydroxyl groups excluding tert-OH is 2. The molecular weight excluding hydrogens is 228 g/mol. The van der Waals surface area contributed by atoms with Gasteiger partial charge < -0.3 is 14.9 Å². The molecule has 3 nitrogen and oxygen atoms in total. The number of benzene rings is 1. The number of hydrogen-bond acceptors (Lipinski definition) is 3. The van der Waals surface area contributed by atoms with Crippen molar-refractivity contribution in [1.82, 2.24) is 0 Å². The minimum atomic E-state index is -0.450. The van der Waals surface area contributed by atoms with Crippen LogP contribution in [-0.2, 0) is 6.42 Å². The molecule has 0 heterocycles. The molecule has 0 fully saturated rings. The number of fused-ring (bicyclic) bond motifs is 1. The summed E-state index contributed by atoms with van der Waals surface area (Å²) in [5.74, 6) is 1.00. The molecule has 3 heteroatoms. The number of aliphatic hydroxyl groups is 2. The Kier molecular flexibility index (Phi) is 4.25. The molecule has 0 radical (unpaired) electrons. The molecule has 2 rings (SSSR count). The van der Waals surface area contributed by atoms with E-state index in [1.807, 2.05) is 32.0 Å². The van der Waals surface area contributed by atoms with Gasteiger partial charge >= 0.3 is 0 Å². The average molecular weight is 250 g/mol. The topological polar surface area (TPSA) is 49.7 Å². The van der Waals surface area contributed by atoms with E-state index in [0.717, 1.165) is 36.1 Å². The zero-order chi connectivity index (χ0) is 13.1. The number of hydrogen-bond donors (Lipinski definition) is 2. The highest BCUT2D eigenvalue weighted by molar-refractivity contribution is 5.42. The molecule has 18 heavy (non-hydrogen) atoms. The molecule has 0 bridgehead atoms. The van der Waals surface area contributed by atoms with Crippen LogP contribution < -0.4 is 4.74 Å². The molecule has 0 aliphatic heterocycles. The highest BCUT2D eigenvalue weighted by Gasteiger charge is 2.21. The first-order valence-corrected chi connectivity index (χ1v) is 6.70. The van der Waals surface area contributed by atoms with Gasteiger partial charge in [0.1, 0.15) is 12.4 Å². The van der Waals surface area contributed by atoms with E-state index in [0.29, 0.717) is 6.61 Å². The van der Waals surface area contributed by atoms with Crippen LogP contribution in [0.1, 0.15) is 43.9 Å². The van der Waals surface area contributed by atoms with Crippen LogP contribution in [-0.4, -0.2) is 22.9 Å². The Bertz CT molecular complexity index is 401. The molecule has 0 aromatic heterocycles. The molecule has 100 valence electrons. The van der Waals surface area contributed by atoms with E-state index in [1.165, 1.54) is 0 Å². The Morgan fingerprint density at radius 3 is 2.89 bits per heavy atom. The fourth-order valence-corrected chi connectivity index (χ4v) is 2.29. The van der Waals surface area contributed by atoms with Crippen LogP contribution >= 0.6 is 0 Å². The highest BCUT2D eigenvalue weighted by Crippen LogP contribution is 2.35. The van der Waals surface area contributed by atoms with Crippen LogP contribution in [0.4, 0.5) is 0 Å². The average Bonchev–Trinajstić information content (AvgIpc) is 2.36. The second-order valence-electron chi connectivity index (χ2n) is 5.35. The summed E-state index contributed by atoms with van der Waals surface area (Å²) in [6.07, 6.45) is 1.94. The van der Waals surface area contributed by atoms with E-state index in [1.54, 1.807) is 0 Å². The highest BCUT2D eigenvalue weighted by atomic mass is 16.5. The van der Waals surface area contributed by atoms with Gasteiger partial charge in [0.2, 0.25) is 0 Å². The smallest absolute Gasteiger partial charge is 0.122 e. The Balaban J connectivity index is 2.12. The van der Waals surface area contributed by atoms with Crippen molar-refractivity contribution in [2.45, 2.75) is 45.3 Å². The maximum atomic E-state index is 9.95. The van der Waals surface area contributed by atoms with Gasteiger partial charge in [0.15, 0.2) is 0 Å². The molecule has 0 spiro atoms. The van der Waals surface area contributed by atoms with E-state index >= 15 is 0 Å². The van der Waals surface area contributed by atoms with Crippen LogP contribution in [0.3, 0.4) is 0 Å². The summed E-state index contributed by atoms with van der Waals surface area (Å²) in [7, 11) is 0. The molecule has 2 atom stereocenters. The van der Waals surface area contributed by atoms with Crippen LogP contribution in [0.2, 0.25) is 0 Å². The standard InChI is InChI=1S/C15H22O3/c1-10(2)14(17)9-18-15-8-4-5-11-12(15)6-3-7-13(11)16/h4-5,8,10,13-14,16-17H,3,6-7,9H2,1-2H3. The van der Waals surface area contributed by atoms with Gasteiger partial charge in [-0.3, -0.25) is 0 Å². The summed E-state index contributed by atoms with van der Waals surface area (Å²) < 4.78 is 5.71. The van der Waals surface area contributed by atoms with Gasteiger partial charge in [0.25, 0.3) is 0 Å². The molecule has 1 aliphatic rings. The van der Waals surface area contributed by atoms with Crippen LogP contribution in [0, 0.1) is 5.92 Å². The first-order chi connectivity index (χ1) is 8.59. The largest absolute Gasteiger partial charge is 0.491 e. The van der Waals surface area contributed by atoms with Gasteiger partial charge in [-0.05, 0) is 42.4 Å². The van der Waals surface area contributed by atoms with Crippen molar-refractivity contribution >= 4 is 0 Å². The molecule has 2 N–H and O–H groups in total. The zero-order valence-electron chi connectivity index (χ0n) is 11.1. The summed E-state index contributed by atoms with van der Waals surface area (Å²) in [6, 6.07) is 5.79. The van der Waals surface area contributed by atoms with Crippen molar-refractivity contribution < 1.29 is 14.9 Å². The molecule has 0 saturated heterocycles. The van der Waals surface area contributed by atoms with E-state index in [2.05, 4.69) is 0 Å². The summed E-state index contributed by atoms with van der Waals surface area (Å²) >= 11 is 0. The van der Waals surface area contributed by atoms with Crippen molar-refractivity contribution in [3.63, 3.8) is 0 Å². The quantitative estimate of drug-likeness (QED) is 0.863. The van der Waals surface area contributed by atoms with Crippen molar-refractivity contribution in [3.8, 4) is 5.75 Å². The first kappa shape index (κ1) is 13.4. The molecule has 2 unspecified atom stereocenters. The fraction of sp³-hybridized carbons (Fsp3) is 0.600. The first-order valence-electron chi connectivity index (χ1n) is 6.70. The van der Waals surface area contributed by atoms with Crippen molar-refractivity contribution in [2.24, 2.45) is 5.92 Å². The van der Waals surface area contributed by atoms with Gasteiger partial charge in [0, 0.05) is 0 Å². The summed E-state index contributed by atoms with van der Waals surface area (Å²) in [5.41, 5.74) is 2.09. The normalized spacial score (nSPS) is 20.6. The van der Waals surface area contributed by atoms with E-state index in [9.17, 15) is 10.2 Å².